The predicted octanol–water partition coefficient (Wildman–Crippen LogP) is 4.61. The van der Waals surface area contributed by atoms with Gasteiger partial charge in [0.1, 0.15) is 0 Å². The van der Waals surface area contributed by atoms with Crippen LogP contribution >= 0.6 is 0 Å². The zero-order valence-corrected chi connectivity index (χ0v) is 22.6. The molecule has 0 radical (unpaired) electrons. The number of halogens is 6. The van der Waals surface area contributed by atoms with E-state index in [0.717, 1.165) is 29.9 Å². The summed E-state index contributed by atoms with van der Waals surface area (Å²) in [6.07, 6.45) is 3.65. The van der Waals surface area contributed by atoms with Crippen LogP contribution in [-0.2, 0) is 5.41 Å². The van der Waals surface area contributed by atoms with E-state index in [0.29, 0.717) is 17.5 Å². The molecule has 2 aliphatic heterocycles. The fraction of sp³-hybridized carbons (Fsp3) is 0.276. The van der Waals surface area contributed by atoms with Crippen LogP contribution in [0.5, 0.6) is 0 Å². The smallest absolute Gasteiger partial charge is 0.329 e. The minimum absolute atomic E-state index is 0. The van der Waals surface area contributed by atoms with Crippen molar-refractivity contribution in [1.82, 2.24) is 0 Å². The van der Waals surface area contributed by atoms with E-state index in [1.165, 1.54) is 17.4 Å². The van der Waals surface area contributed by atoms with Crippen LogP contribution in [0.25, 0.3) is 6.08 Å². The van der Waals surface area contributed by atoms with Crippen LogP contribution in [0.4, 0.5) is 33.3 Å². The van der Waals surface area contributed by atoms with Crippen LogP contribution in [0.3, 0.4) is 0 Å². The number of nitrogens with zero attached hydrogens (tertiary/aromatic N) is 2. The molecule has 0 amide bonds. The molecule has 3 aromatic carbocycles. The minimum Gasteiger partial charge on any atom is -1.00 e. The third-order valence-corrected chi connectivity index (χ3v) is 7.15. The highest BCUT2D eigenvalue weighted by Crippen LogP contribution is 2.44. The highest BCUT2D eigenvalue weighted by molar-refractivity contribution is 6.05. The normalized spacial score (nSPS) is 17.3. The Hall–Kier alpha value is -2.75. The molecule has 2 heterocycles. The molecule has 0 spiro atoms. The molecule has 0 saturated carbocycles. The lowest BCUT2D eigenvalue weighted by molar-refractivity contribution is -0.524. The number of hydrogen-bond donors (Lipinski definition) is 0. The molecule has 0 N–H and O–H groups in total. The Balaban J connectivity index is 0.00000320. The SMILES string of the molecule is CC1(C)C(C=Cc2ccc(N3CCCC3)cc2)=[N+](C(F)c2cc(F)c(F)c(F)c2F)c2ccccc21.[I-]. The summed E-state index contributed by atoms with van der Waals surface area (Å²) in [6.45, 7) is 5.87. The van der Waals surface area contributed by atoms with E-state index in [1.54, 1.807) is 18.2 Å². The van der Waals surface area contributed by atoms with Crippen molar-refractivity contribution in [2.24, 2.45) is 0 Å². The zero-order chi connectivity index (χ0) is 25.6. The van der Waals surface area contributed by atoms with Gasteiger partial charge in [-0.15, -0.1) is 0 Å². The van der Waals surface area contributed by atoms with Gasteiger partial charge in [-0.25, -0.2) is 17.6 Å². The Morgan fingerprint density at radius 1 is 0.865 bits per heavy atom. The second-order valence-corrected chi connectivity index (χ2v) is 9.74. The topological polar surface area (TPSA) is 6.25 Å². The molecule has 8 heteroatoms. The molecule has 1 saturated heterocycles. The van der Waals surface area contributed by atoms with Crippen molar-refractivity contribution in [1.29, 1.82) is 0 Å². The average Bonchev–Trinajstić information content (AvgIpc) is 3.49. The number of allylic oxidation sites excluding steroid dienone is 1. The highest BCUT2D eigenvalue weighted by Gasteiger charge is 2.48. The number of fused-ring (bicyclic) bond motifs is 1. The molecule has 0 aromatic heterocycles. The van der Waals surface area contributed by atoms with Crippen molar-refractivity contribution in [2.45, 2.75) is 38.4 Å². The lowest BCUT2D eigenvalue weighted by Crippen LogP contribution is -3.00. The monoisotopic (exact) mass is 624 g/mol. The van der Waals surface area contributed by atoms with Gasteiger partial charge in [0.05, 0.1) is 11.0 Å². The molecule has 2 aliphatic rings. The van der Waals surface area contributed by atoms with Gasteiger partial charge in [0, 0.05) is 36.5 Å². The van der Waals surface area contributed by atoms with E-state index >= 15 is 4.39 Å². The van der Waals surface area contributed by atoms with Gasteiger partial charge in [0.25, 0.3) is 0 Å². The number of rotatable bonds is 5. The second-order valence-electron chi connectivity index (χ2n) is 9.74. The van der Waals surface area contributed by atoms with E-state index < -0.39 is 40.5 Å². The van der Waals surface area contributed by atoms with E-state index in [4.69, 9.17) is 0 Å². The maximum Gasteiger partial charge on any atom is 0.329 e. The first kappa shape index (κ1) is 27.3. The molecule has 1 fully saturated rings. The van der Waals surface area contributed by atoms with Gasteiger partial charge >= 0.3 is 6.30 Å². The summed E-state index contributed by atoms with van der Waals surface area (Å²) in [7, 11) is 0. The zero-order valence-electron chi connectivity index (χ0n) is 20.4. The molecule has 1 atom stereocenters. The molecule has 194 valence electrons. The van der Waals surface area contributed by atoms with E-state index in [2.05, 4.69) is 4.90 Å². The summed E-state index contributed by atoms with van der Waals surface area (Å²) >= 11 is 0. The summed E-state index contributed by atoms with van der Waals surface area (Å²) in [4.78, 5) is 2.32. The number of hydrogen-bond acceptors (Lipinski definition) is 1. The van der Waals surface area contributed by atoms with Crippen molar-refractivity contribution in [3.05, 3.63) is 101 Å². The van der Waals surface area contributed by atoms with Crippen molar-refractivity contribution in [2.75, 3.05) is 18.0 Å². The van der Waals surface area contributed by atoms with Crippen molar-refractivity contribution >= 4 is 23.2 Å². The van der Waals surface area contributed by atoms with Crippen LogP contribution in [0, 0.1) is 23.3 Å². The van der Waals surface area contributed by atoms with Crippen LogP contribution in [-0.4, -0.2) is 23.4 Å². The van der Waals surface area contributed by atoms with Gasteiger partial charge in [0.2, 0.25) is 5.69 Å². The van der Waals surface area contributed by atoms with Gasteiger partial charge in [-0.2, -0.15) is 8.97 Å². The van der Waals surface area contributed by atoms with Gasteiger partial charge in [-0.05, 0) is 56.5 Å². The summed E-state index contributed by atoms with van der Waals surface area (Å²) in [6, 6.07) is 15.4. The number of anilines is 1. The largest absolute Gasteiger partial charge is 1.00 e. The Kier molecular flexibility index (Phi) is 7.78. The van der Waals surface area contributed by atoms with Crippen LogP contribution in [0.2, 0.25) is 0 Å². The molecular weight excluding hydrogens is 598 g/mol. The van der Waals surface area contributed by atoms with Crippen LogP contribution in [0.1, 0.15) is 49.7 Å². The van der Waals surface area contributed by atoms with Crippen molar-refractivity contribution < 1.29 is 50.5 Å². The van der Waals surface area contributed by atoms with Crippen molar-refractivity contribution in [3.8, 4) is 0 Å². The molecule has 1 unspecified atom stereocenters. The quantitative estimate of drug-likeness (QED) is 0.101. The average molecular weight is 624 g/mol. The first-order chi connectivity index (χ1) is 17.2. The minimum atomic E-state index is -2.28. The number of para-hydroxylation sites is 1. The van der Waals surface area contributed by atoms with E-state index in [1.807, 2.05) is 56.3 Å². The third-order valence-electron chi connectivity index (χ3n) is 7.15. The maximum absolute atomic E-state index is 16.0. The van der Waals surface area contributed by atoms with Gasteiger partial charge in [-0.3, -0.25) is 0 Å². The van der Waals surface area contributed by atoms with Crippen molar-refractivity contribution in [3.63, 3.8) is 0 Å². The molecule has 3 aromatic rings. The van der Waals surface area contributed by atoms with Crippen LogP contribution in [0.15, 0.2) is 60.7 Å². The standard InChI is InChI=1S/C29H26F5N2.HI/c1-29(2)21-7-3-4-8-23(21)36(28(34)20-17-22(30)26(32)27(33)25(20)31)24(29)14-11-18-9-12-19(13-10-18)35-15-5-6-16-35;/h3-4,7-14,17,28H,5-6,15-16H2,1-2H3;1H/q+1;/p-1. The van der Waals surface area contributed by atoms with E-state index in [-0.39, 0.29) is 24.0 Å². The van der Waals surface area contributed by atoms with Gasteiger partial charge < -0.3 is 28.9 Å². The lowest BCUT2D eigenvalue weighted by atomic mass is 9.81. The fourth-order valence-corrected chi connectivity index (χ4v) is 5.16. The summed E-state index contributed by atoms with van der Waals surface area (Å²) in [5.41, 5.74) is 2.14. The molecule has 0 bridgehead atoms. The Morgan fingerprint density at radius 3 is 2.19 bits per heavy atom. The molecule has 0 aliphatic carbocycles. The van der Waals surface area contributed by atoms with Gasteiger partial charge in [0.15, 0.2) is 29.0 Å². The summed E-state index contributed by atoms with van der Waals surface area (Å²) in [5.74, 6) is -7.39. The first-order valence-electron chi connectivity index (χ1n) is 12.0. The molecular formula is C29H26F5IN2. The summed E-state index contributed by atoms with van der Waals surface area (Å²) in [5, 5.41) is 0. The Labute approximate surface area is 230 Å². The number of benzene rings is 3. The maximum atomic E-state index is 16.0. The van der Waals surface area contributed by atoms with Gasteiger partial charge in [-0.1, -0.05) is 30.3 Å². The number of alkyl halides is 1. The molecule has 2 nitrogen and oxygen atoms in total. The van der Waals surface area contributed by atoms with E-state index in [9.17, 15) is 17.6 Å². The summed E-state index contributed by atoms with van der Waals surface area (Å²) < 4.78 is 73.2. The third kappa shape index (κ3) is 4.80. The Morgan fingerprint density at radius 2 is 1.51 bits per heavy atom. The predicted molar refractivity (Wildman–Crippen MR) is 131 cm³/mol. The molecule has 5 rings (SSSR count). The lowest BCUT2D eigenvalue weighted by Gasteiger charge is -2.17. The Bertz CT molecular complexity index is 1380. The second kappa shape index (κ2) is 10.6. The fourth-order valence-electron chi connectivity index (χ4n) is 5.16. The molecule has 37 heavy (non-hydrogen) atoms. The highest BCUT2D eigenvalue weighted by atomic mass is 127. The van der Waals surface area contributed by atoms with Crippen LogP contribution < -0.4 is 28.9 Å². The first-order valence-corrected chi connectivity index (χ1v) is 12.0.